The molecule has 0 saturated carbocycles. The van der Waals surface area contributed by atoms with E-state index < -0.39 is 0 Å². The van der Waals surface area contributed by atoms with Crippen LogP contribution in [-0.2, 0) is 16.2 Å². The number of nitrogens with one attached hydrogen (secondary N) is 1. The minimum Gasteiger partial charge on any atom is -0.373 e. The molecular formula is C14H23N3OS. The predicted molar refractivity (Wildman–Crippen MR) is 80.5 cm³/mol. The van der Waals surface area contributed by atoms with Gasteiger partial charge in [0.05, 0.1) is 5.69 Å². The van der Waals surface area contributed by atoms with Crippen LogP contribution in [0.1, 0.15) is 56.3 Å². The Labute approximate surface area is 119 Å². The van der Waals surface area contributed by atoms with Gasteiger partial charge in [-0.3, -0.25) is 0 Å². The zero-order valence-corrected chi connectivity index (χ0v) is 12.8. The fourth-order valence-electron chi connectivity index (χ4n) is 2.22. The third-order valence-electron chi connectivity index (χ3n) is 3.26. The highest BCUT2D eigenvalue weighted by molar-refractivity contribution is 7.98. The summed E-state index contributed by atoms with van der Waals surface area (Å²) in [5, 5.41) is 3.44. The van der Waals surface area contributed by atoms with Crippen molar-refractivity contribution in [2.45, 2.75) is 50.7 Å². The molecule has 0 saturated heterocycles. The molecule has 5 heteroatoms. The number of thioether (sulfide) groups is 1. The Hall–Kier alpha value is -0.810. The minimum absolute atomic E-state index is 0.0167. The number of aromatic nitrogens is 2. The Morgan fingerprint density at radius 2 is 2.11 bits per heavy atom. The molecule has 1 aromatic rings. The smallest absolute Gasteiger partial charge is 0.159 e. The summed E-state index contributed by atoms with van der Waals surface area (Å²) in [7, 11) is 1.74. The summed E-state index contributed by atoms with van der Waals surface area (Å²) in [6.07, 6.45) is 3.16. The van der Waals surface area contributed by atoms with Gasteiger partial charge in [0.25, 0.3) is 0 Å². The number of methoxy groups -OCH3 is 1. The third-order valence-corrected chi connectivity index (χ3v) is 4.23. The molecule has 0 bridgehead atoms. The average molecular weight is 281 g/mol. The van der Waals surface area contributed by atoms with E-state index in [1.807, 2.05) is 11.8 Å². The van der Waals surface area contributed by atoms with Crippen molar-refractivity contribution < 1.29 is 4.74 Å². The maximum atomic E-state index is 5.54. The summed E-state index contributed by atoms with van der Waals surface area (Å²) < 4.78 is 5.54. The van der Waals surface area contributed by atoms with Gasteiger partial charge in [-0.2, -0.15) is 11.8 Å². The lowest BCUT2D eigenvalue weighted by Gasteiger charge is -2.16. The summed E-state index contributed by atoms with van der Waals surface area (Å²) in [6.45, 7) is 5.28. The van der Waals surface area contributed by atoms with Gasteiger partial charge in [0.15, 0.2) is 5.82 Å². The topological polar surface area (TPSA) is 47.0 Å². The van der Waals surface area contributed by atoms with Crippen molar-refractivity contribution in [3.63, 3.8) is 0 Å². The van der Waals surface area contributed by atoms with Crippen LogP contribution in [0.2, 0.25) is 0 Å². The van der Waals surface area contributed by atoms with Gasteiger partial charge in [-0.05, 0) is 12.8 Å². The summed E-state index contributed by atoms with van der Waals surface area (Å²) in [6, 6.07) is 0. The lowest BCUT2D eigenvalue weighted by Crippen LogP contribution is -2.13. The van der Waals surface area contributed by atoms with E-state index >= 15 is 0 Å². The normalized spacial score (nSPS) is 15.3. The fraction of sp³-hybridized carbons (Fsp3) is 0.714. The number of hydrogen-bond acceptors (Lipinski definition) is 5. The largest absolute Gasteiger partial charge is 0.373 e. The zero-order chi connectivity index (χ0) is 13.7. The predicted octanol–water partition coefficient (Wildman–Crippen LogP) is 3.53. The van der Waals surface area contributed by atoms with Gasteiger partial charge in [-0.25, -0.2) is 9.97 Å². The van der Waals surface area contributed by atoms with Crippen LogP contribution in [0, 0.1) is 0 Å². The molecule has 0 amide bonds. The van der Waals surface area contributed by atoms with Crippen molar-refractivity contribution in [3.8, 4) is 0 Å². The molecule has 1 aromatic heterocycles. The van der Waals surface area contributed by atoms with Crippen LogP contribution in [0.25, 0.3) is 0 Å². The molecule has 1 aliphatic rings. The van der Waals surface area contributed by atoms with Crippen LogP contribution >= 0.6 is 11.8 Å². The van der Waals surface area contributed by atoms with Crippen molar-refractivity contribution in [3.05, 3.63) is 17.1 Å². The monoisotopic (exact) mass is 281 g/mol. The van der Waals surface area contributed by atoms with E-state index in [1.54, 1.807) is 7.11 Å². The number of anilines is 1. The molecule has 2 heterocycles. The molecule has 0 fully saturated rings. The van der Waals surface area contributed by atoms with Gasteiger partial charge in [0, 0.05) is 30.7 Å². The van der Waals surface area contributed by atoms with Crippen LogP contribution in [0.15, 0.2) is 0 Å². The van der Waals surface area contributed by atoms with E-state index in [2.05, 4.69) is 19.2 Å². The third kappa shape index (κ3) is 3.39. The highest BCUT2D eigenvalue weighted by Gasteiger charge is 2.22. The van der Waals surface area contributed by atoms with Crippen molar-refractivity contribution in [1.29, 1.82) is 0 Å². The SMILES string of the molecule is CCCNc1nc(C(CCC)OC)nc2c1CSC2. The van der Waals surface area contributed by atoms with Crippen LogP contribution in [-0.4, -0.2) is 23.6 Å². The first-order chi connectivity index (χ1) is 9.30. The Bertz CT molecular complexity index is 425. The second-order valence-corrected chi connectivity index (χ2v) is 5.77. The minimum atomic E-state index is 0.0167. The number of hydrogen-bond donors (Lipinski definition) is 1. The first-order valence-corrected chi connectivity index (χ1v) is 8.19. The molecule has 1 atom stereocenters. The standard InChI is InChI=1S/C14H23N3OS/c1-4-6-12(18-3)14-16-11-9-19-8-10(11)13(17-14)15-7-5-2/h12H,4-9H2,1-3H3,(H,15,16,17). The van der Waals surface area contributed by atoms with Crippen molar-refractivity contribution >= 4 is 17.6 Å². The van der Waals surface area contributed by atoms with Crippen molar-refractivity contribution in [2.24, 2.45) is 0 Å². The molecule has 1 aliphatic heterocycles. The number of rotatable bonds is 7. The van der Waals surface area contributed by atoms with E-state index in [0.717, 1.165) is 49.0 Å². The molecular weight excluding hydrogens is 258 g/mol. The van der Waals surface area contributed by atoms with Crippen LogP contribution in [0.4, 0.5) is 5.82 Å². The molecule has 0 aromatic carbocycles. The highest BCUT2D eigenvalue weighted by atomic mass is 32.2. The van der Waals surface area contributed by atoms with E-state index in [0.29, 0.717) is 0 Å². The quantitative estimate of drug-likeness (QED) is 0.828. The maximum Gasteiger partial charge on any atom is 0.159 e. The summed E-state index contributed by atoms with van der Waals surface area (Å²) in [4.78, 5) is 9.43. The second-order valence-electron chi connectivity index (χ2n) is 4.79. The Kier molecular flexibility index (Phi) is 5.45. The highest BCUT2D eigenvalue weighted by Crippen LogP contribution is 2.34. The van der Waals surface area contributed by atoms with Crippen LogP contribution < -0.4 is 5.32 Å². The van der Waals surface area contributed by atoms with E-state index in [-0.39, 0.29) is 6.10 Å². The van der Waals surface area contributed by atoms with Gasteiger partial charge in [-0.1, -0.05) is 20.3 Å². The average Bonchev–Trinajstić information content (AvgIpc) is 2.90. The van der Waals surface area contributed by atoms with E-state index in [1.165, 1.54) is 11.3 Å². The van der Waals surface area contributed by atoms with E-state index in [4.69, 9.17) is 14.7 Å². The molecule has 1 N–H and O–H groups in total. The summed E-state index contributed by atoms with van der Waals surface area (Å²) in [5.41, 5.74) is 2.47. The summed E-state index contributed by atoms with van der Waals surface area (Å²) in [5.74, 6) is 3.87. The lowest BCUT2D eigenvalue weighted by molar-refractivity contribution is 0.0875. The molecule has 4 nitrogen and oxygen atoms in total. The van der Waals surface area contributed by atoms with Crippen molar-refractivity contribution in [2.75, 3.05) is 19.0 Å². The maximum absolute atomic E-state index is 5.54. The molecule has 0 spiro atoms. The first-order valence-electron chi connectivity index (χ1n) is 7.04. The Balaban J connectivity index is 2.29. The molecule has 1 unspecified atom stereocenters. The van der Waals surface area contributed by atoms with Gasteiger partial charge in [-0.15, -0.1) is 0 Å². The zero-order valence-electron chi connectivity index (χ0n) is 12.0. The molecule has 106 valence electrons. The van der Waals surface area contributed by atoms with Gasteiger partial charge in [0.1, 0.15) is 11.9 Å². The molecule has 0 aliphatic carbocycles. The van der Waals surface area contributed by atoms with Gasteiger partial charge < -0.3 is 10.1 Å². The van der Waals surface area contributed by atoms with Crippen LogP contribution in [0.5, 0.6) is 0 Å². The lowest BCUT2D eigenvalue weighted by atomic mass is 10.1. The first kappa shape index (κ1) is 14.6. The Morgan fingerprint density at radius 3 is 2.79 bits per heavy atom. The Morgan fingerprint density at radius 1 is 1.26 bits per heavy atom. The molecule has 2 rings (SSSR count). The second kappa shape index (κ2) is 7.10. The fourth-order valence-corrected chi connectivity index (χ4v) is 3.26. The number of fused-ring (bicyclic) bond motifs is 1. The number of ether oxygens (including phenoxy) is 1. The summed E-state index contributed by atoms with van der Waals surface area (Å²) >= 11 is 1.91. The molecule has 0 radical (unpaired) electrons. The van der Waals surface area contributed by atoms with Gasteiger partial charge in [0.2, 0.25) is 0 Å². The number of nitrogens with zero attached hydrogens (tertiary/aromatic N) is 2. The van der Waals surface area contributed by atoms with Gasteiger partial charge >= 0.3 is 0 Å². The van der Waals surface area contributed by atoms with Crippen molar-refractivity contribution in [1.82, 2.24) is 9.97 Å². The van der Waals surface area contributed by atoms with Crippen LogP contribution in [0.3, 0.4) is 0 Å². The molecule has 19 heavy (non-hydrogen) atoms. The van der Waals surface area contributed by atoms with E-state index in [9.17, 15) is 0 Å².